The van der Waals surface area contributed by atoms with E-state index in [1.165, 1.54) is 6.07 Å². The van der Waals surface area contributed by atoms with Gasteiger partial charge in [0.15, 0.2) is 0 Å². The number of hydrogen-bond donors (Lipinski definition) is 2. The summed E-state index contributed by atoms with van der Waals surface area (Å²) in [6.07, 6.45) is 0. The van der Waals surface area contributed by atoms with E-state index in [9.17, 15) is 4.57 Å². The van der Waals surface area contributed by atoms with E-state index < -0.39 is 7.60 Å². The van der Waals surface area contributed by atoms with Crippen LogP contribution in [0.1, 0.15) is 25.3 Å². The second kappa shape index (κ2) is 3.62. The average molecular weight is 200 g/mol. The van der Waals surface area contributed by atoms with Gasteiger partial charge >= 0.3 is 7.60 Å². The number of rotatable bonds is 2. The summed E-state index contributed by atoms with van der Waals surface area (Å²) >= 11 is 0. The molecule has 0 saturated carbocycles. The van der Waals surface area contributed by atoms with Crippen molar-refractivity contribution in [3.8, 4) is 0 Å². The first-order valence-corrected chi connectivity index (χ1v) is 5.68. The van der Waals surface area contributed by atoms with Crippen molar-refractivity contribution in [1.29, 1.82) is 0 Å². The van der Waals surface area contributed by atoms with Gasteiger partial charge in [-0.3, -0.25) is 4.57 Å². The molecule has 1 aromatic carbocycles. The minimum Gasteiger partial charge on any atom is -0.321 e. The van der Waals surface area contributed by atoms with Crippen molar-refractivity contribution >= 4 is 12.9 Å². The van der Waals surface area contributed by atoms with Gasteiger partial charge in [0, 0.05) is 0 Å². The molecule has 0 fully saturated rings. The van der Waals surface area contributed by atoms with Crippen molar-refractivity contribution in [2.24, 2.45) is 0 Å². The van der Waals surface area contributed by atoms with E-state index in [-0.39, 0.29) is 11.2 Å². The van der Waals surface area contributed by atoms with Crippen LogP contribution >= 0.6 is 7.60 Å². The van der Waals surface area contributed by atoms with Gasteiger partial charge in [-0.05, 0) is 23.6 Å². The molecule has 2 N–H and O–H groups in total. The van der Waals surface area contributed by atoms with Gasteiger partial charge in [0.1, 0.15) is 0 Å². The lowest BCUT2D eigenvalue weighted by Crippen LogP contribution is -2.05. The second-order valence-electron chi connectivity index (χ2n) is 3.29. The lowest BCUT2D eigenvalue weighted by molar-refractivity contribution is 0.387. The Balaban J connectivity index is 3.13. The Hall–Kier alpha value is -0.630. The number of benzene rings is 1. The molecule has 0 heterocycles. The molecule has 0 atom stereocenters. The van der Waals surface area contributed by atoms with E-state index >= 15 is 0 Å². The molecule has 3 nitrogen and oxygen atoms in total. The van der Waals surface area contributed by atoms with Crippen LogP contribution in [0.3, 0.4) is 0 Å². The first-order valence-electron chi connectivity index (χ1n) is 4.07. The van der Waals surface area contributed by atoms with E-state index in [0.29, 0.717) is 0 Å². The molecule has 0 saturated heterocycles. The molecule has 4 heteroatoms. The normalized spacial score (nSPS) is 12.1. The lowest BCUT2D eigenvalue weighted by atomic mass is 10.0. The van der Waals surface area contributed by atoms with E-state index in [1.807, 2.05) is 19.9 Å². The van der Waals surface area contributed by atoms with E-state index in [1.54, 1.807) is 12.1 Å². The second-order valence-corrected chi connectivity index (χ2v) is 4.90. The fourth-order valence-electron chi connectivity index (χ4n) is 1.07. The van der Waals surface area contributed by atoms with E-state index in [0.717, 1.165) is 5.56 Å². The first kappa shape index (κ1) is 10.5. The van der Waals surface area contributed by atoms with Crippen LogP contribution in [0, 0.1) is 0 Å². The molecule has 0 bridgehead atoms. The highest BCUT2D eigenvalue weighted by Crippen LogP contribution is 2.33. The van der Waals surface area contributed by atoms with Gasteiger partial charge in [-0.15, -0.1) is 0 Å². The fourth-order valence-corrected chi connectivity index (χ4v) is 1.66. The predicted molar refractivity (Wildman–Crippen MR) is 52.2 cm³/mol. The molecule has 0 aromatic heterocycles. The van der Waals surface area contributed by atoms with Crippen LogP contribution in [-0.2, 0) is 4.57 Å². The summed E-state index contributed by atoms with van der Waals surface area (Å²) in [5.74, 6) is 0.284. The molecule has 0 aliphatic heterocycles. The van der Waals surface area contributed by atoms with Gasteiger partial charge in [0.25, 0.3) is 0 Å². The molecule has 13 heavy (non-hydrogen) atoms. The molecule has 0 amide bonds. The van der Waals surface area contributed by atoms with Crippen LogP contribution in [-0.4, -0.2) is 9.79 Å². The molecule has 1 aromatic rings. The summed E-state index contributed by atoms with van der Waals surface area (Å²) in [6, 6.07) is 6.55. The van der Waals surface area contributed by atoms with Gasteiger partial charge in [0.2, 0.25) is 0 Å². The van der Waals surface area contributed by atoms with Crippen molar-refractivity contribution in [1.82, 2.24) is 0 Å². The summed E-state index contributed by atoms with van der Waals surface area (Å²) in [7, 11) is -4.08. The number of hydrogen-bond acceptors (Lipinski definition) is 1. The maximum atomic E-state index is 10.9. The van der Waals surface area contributed by atoms with Gasteiger partial charge in [-0.25, -0.2) is 0 Å². The van der Waals surface area contributed by atoms with Crippen molar-refractivity contribution in [3.63, 3.8) is 0 Å². The quantitative estimate of drug-likeness (QED) is 0.713. The highest BCUT2D eigenvalue weighted by molar-refractivity contribution is 7.60. The van der Waals surface area contributed by atoms with Crippen LogP contribution in [0.25, 0.3) is 0 Å². The Bertz CT molecular complexity index is 340. The van der Waals surface area contributed by atoms with Crippen molar-refractivity contribution in [2.45, 2.75) is 19.8 Å². The zero-order chi connectivity index (χ0) is 10.1. The summed E-state index contributed by atoms with van der Waals surface area (Å²) in [4.78, 5) is 17.8. The Kier molecular flexibility index (Phi) is 2.91. The Morgan fingerprint density at radius 1 is 1.31 bits per heavy atom. The molecule has 0 aliphatic carbocycles. The van der Waals surface area contributed by atoms with Crippen molar-refractivity contribution in [3.05, 3.63) is 29.8 Å². The third-order valence-corrected chi connectivity index (χ3v) is 2.82. The third kappa shape index (κ3) is 2.66. The lowest BCUT2D eigenvalue weighted by Gasteiger charge is -2.08. The third-order valence-electron chi connectivity index (χ3n) is 1.87. The Morgan fingerprint density at radius 2 is 1.92 bits per heavy atom. The topological polar surface area (TPSA) is 57.5 Å². The minimum atomic E-state index is -4.08. The van der Waals surface area contributed by atoms with E-state index in [2.05, 4.69) is 0 Å². The molecule has 0 aliphatic rings. The van der Waals surface area contributed by atoms with Gasteiger partial charge in [0.05, 0.1) is 5.30 Å². The van der Waals surface area contributed by atoms with Crippen LogP contribution < -0.4 is 5.30 Å². The van der Waals surface area contributed by atoms with E-state index in [4.69, 9.17) is 9.79 Å². The fraction of sp³-hybridized carbons (Fsp3) is 0.333. The summed E-state index contributed by atoms with van der Waals surface area (Å²) in [5, 5.41) is 0.0960. The molecular weight excluding hydrogens is 187 g/mol. The maximum Gasteiger partial charge on any atom is 0.356 e. The van der Waals surface area contributed by atoms with Crippen LogP contribution in [0.5, 0.6) is 0 Å². The summed E-state index contributed by atoms with van der Waals surface area (Å²) in [5.41, 5.74) is 0.945. The van der Waals surface area contributed by atoms with Gasteiger partial charge < -0.3 is 9.79 Å². The van der Waals surface area contributed by atoms with Crippen LogP contribution in [0.15, 0.2) is 24.3 Å². The first-order chi connectivity index (χ1) is 5.91. The molecular formula is C9H13O3P. The van der Waals surface area contributed by atoms with Crippen molar-refractivity contribution < 1.29 is 14.4 Å². The van der Waals surface area contributed by atoms with Crippen molar-refractivity contribution in [2.75, 3.05) is 0 Å². The summed E-state index contributed by atoms with van der Waals surface area (Å²) in [6.45, 7) is 3.97. The smallest absolute Gasteiger partial charge is 0.321 e. The van der Waals surface area contributed by atoms with Crippen LogP contribution in [0.2, 0.25) is 0 Å². The molecule has 0 unspecified atom stereocenters. The van der Waals surface area contributed by atoms with Gasteiger partial charge in [-0.2, -0.15) is 0 Å². The molecule has 0 spiro atoms. The SMILES string of the molecule is CC(C)c1cccc(P(=O)(O)O)c1. The highest BCUT2D eigenvalue weighted by Gasteiger charge is 2.17. The average Bonchev–Trinajstić information content (AvgIpc) is 2.03. The molecule has 0 radical (unpaired) electrons. The highest BCUT2D eigenvalue weighted by atomic mass is 31.2. The zero-order valence-electron chi connectivity index (χ0n) is 7.64. The Morgan fingerprint density at radius 3 is 2.38 bits per heavy atom. The van der Waals surface area contributed by atoms with Crippen LogP contribution in [0.4, 0.5) is 0 Å². The molecule has 1 rings (SSSR count). The van der Waals surface area contributed by atoms with Gasteiger partial charge in [-0.1, -0.05) is 26.0 Å². The zero-order valence-corrected chi connectivity index (χ0v) is 8.53. The monoisotopic (exact) mass is 200 g/mol. The molecule has 72 valence electrons. The predicted octanol–water partition coefficient (Wildman–Crippen LogP) is 1.61. The largest absolute Gasteiger partial charge is 0.356 e. The summed E-state index contributed by atoms with van der Waals surface area (Å²) < 4.78 is 10.9. The maximum absolute atomic E-state index is 10.9. The standard InChI is InChI=1S/C9H13O3P/c1-7(2)8-4-3-5-9(6-8)13(10,11)12/h3-7H,1-2H3,(H2,10,11,12). The minimum absolute atomic E-state index is 0.0960. The Labute approximate surface area is 77.6 Å².